The average molecular weight is 266 g/mol. The molecule has 0 aliphatic rings. The normalized spacial score (nSPS) is 10.3. The summed E-state index contributed by atoms with van der Waals surface area (Å²) >= 11 is 1.69. The van der Waals surface area contributed by atoms with Crippen molar-refractivity contribution >= 4 is 23.1 Å². The molecule has 0 aliphatic carbocycles. The fraction of sp³-hybridized carbons (Fsp3) is 0.333. The highest BCUT2D eigenvalue weighted by molar-refractivity contribution is 7.09. The van der Waals surface area contributed by atoms with Crippen LogP contribution in [0.2, 0.25) is 0 Å². The van der Waals surface area contributed by atoms with Crippen molar-refractivity contribution < 1.29 is 4.39 Å². The number of rotatable bonds is 6. The highest BCUT2D eigenvalue weighted by Crippen LogP contribution is 2.13. The lowest BCUT2D eigenvalue weighted by Gasteiger charge is -2.07. The molecule has 6 heteroatoms. The van der Waals surface area contributed by atoms with E-state index >= 15 is 0 Å². The molecule has 96 valence electrons. The molecule has 0 atom stereocenters. The lowest BCUT2D eigenvalue weighted by molar-refractivity contribution is 0.617. The number of halogens is 1. The molecule has 0 unspecified atom stereocenters. The van der Waals surface area contributed by atoms with E-state index in [1.807, 2.05) is 18.4 Å². The van der Waals surface area contributed by atoms with Gasteiger partial charge in [0.1, 0.15) is 0 Å². The van der Waals surface area contributed by atoms with Gasteiger partial charge in [0.2, 0.25) is 5.95 Å². The summed E-state index contributed by atoms with van der Waals surface area (Å²) in [6.07, 6.45) is 2.04. The summed E-state index contributed by atoms with van der Waals surface area (Å²) in [5.74, 6) is 0.262. The summed E-state index contributed by atoms with van der Waals surface area (Å²) in [5.41, 5.74) is 0. The van der Waals surface area contributed by atoms with Crippen molar-refractivity contribution in [1.29, 1.82) is 0 Å². The van der Waals surface area contributed by atoms with Crippen molar-refractivity contribution in [1.82, 2.24) is 9.97 Å². The SMILES string of the molecule is CCNc1ncc(F)c(NCCc2cccs2)n1. The van der Waals surface area contributed by atoms with E-state index < -0.39 is 5.82 Å². The maximum absolute atomic E-state index is 13.5. The van der Waals surface area contributed by atoms with E-state index in [1.54, 1.807) is 11.3 Å². The predicted octanol–water partition coefficient (Wildman–Crippen LogP) is 2.76. The van der Waals surface area contributed by atoms with Crippen molar-refractivity contribution in [2.45, 2.75) is 13.3 Å². The van der Waals surface area contributed by atoms with E-state index in [1.165, 1.54) is 11.1 Å². The van der Waals surface area contributed by atoms with Crippen molar-refractivity contribution in [3.8, 4) is 0 Å². The second-order valence-electron chi connectivity index (χ2n) is 3.68. The molecule has 0 fully saturated rings. The number of hydrogen-bond donors (Lipinski definition) is 2. The van der Waals surface area contributed by atoms with Crippen molar-refractivity contribution in [3.05, 3.63) is 34.4 Å². The van der Waals surface area contributed by atoms with Gasteiger partial charge in [-0.25, -0.2) is 9.37 Å². The van der Waals surface area contributed by atoms with Crippen LogP contribution in [0.5, 0.6) is 0 Å². The van der Waals surface area contributed by atoms with Gasteiger partial charge in [0.25, 0.3) is 0 Å². The topological polar surface area (TPSA) is 49.8 Å². The Labute approximate surface area is 109 Å². The van der Waals surface area contributed by atoms with Gasteiger partial charge in [-0.3, -0.25) is 0 Å². The Morgan fingerprint density at radius 1 is 1.39 bits per heavy atom. The molecule has 4 nitrogen and oxygen atoms in total. The van der Waals surface area contributed by atoms with Gasteiger partial charge in [-0.05, 0) is 24.8 Å². The minimum Gasteiger partial charge on any atom is -0.367 e. The van der Waals surface area contributed by atoms with Crippen LogP contribution in [-0.2, 0) is 6.42 Å². The number of anilines is 2. The van der Waals surface area contributed by atoms with E-state index in [0.717, 1.165) is 6.42 Å². The third-order valence-electron chi connectivity index (χ3n) is 2.32. The molecular weight excluding hydrogens is 251 g/mol. The molecule has 0 spiro atoms. The molecule has 0 bridgehead atoms. The van der Waals surface area contributed by atoms with E-state index in [9.17, 15) is 4.39 Å². The van der Waals surface area contributed by atoms with Crippen molar-refractivity contribution in [2.24, 2.45) is 0 Å². The van der Waals surface area contributed by atoms with Gasteiger partial charge in [-0.1, -0.05) is 6.07 Å². The number of aromatic nitrogens is 2. The van der Waals surface area contributed by atoms with E-state index in [4.69, 9.17) is 0 Å². The van der Waals surface area contributed by atoms with E-state index in [0.29, 0.717) is 19.0 Å². The fourth-order valence-corrected chi connectivity index (χ4v) is 2.20. The van der Waals surface area contributed by atoms with Crippen LogP contribution >= 0.6 is 11.3 Å². The summed E-state index contributed by atoms with van der Waals surface area (Å²) in [7, 11) is 0. The molecule has 0 radical (unpaired) electrons. The molecule has 2 N–H and O–H groups in total. The summed E-state index contributed by atoms with van der Waals surface area (Å²) < 4.78 is 13.5. The highest BCUT2D eigenvalue weighted by Gasteiger charge is 2.05. The third kappa shape index (κ3) is 3.40. The summed E-state index contributed by atoms with van der Waals surface area (Å²) in [6.45, 7) is 3.30. The molecule has 0 aromatic carbocycles. The molecule has 0 aliphatic heterocycles. The molecule has 2 rings (SSSR count). The number of thiophene rings is 1. The first-order valence-corrected chi connectivity index (χ1v) is 6.70. The van der Waals surface area contributed by atoms with Crippen LogP contribution in [-0.4, -0.2) is 23.1 Å². The largest absolute Gasteiger partial charge is 0.367 e. The molecular formula is C12H15FN4S. The van der Waals surface area contributed by atoms with Crippen LogP contribution < -0.4 is 10.6 Å². The minimum atomic E-state index is -0.428. The third-order valence-corrected chi connectivity index (χ3v) is 3.26. The van der Waals surface area contributed by atoms with Crippen LogP contribution in [0.4, 0.5) is 16.2 Å². The summed E-state index contributed by atoms with van der Waals surface area (Å²) in [6, 6.07) is 4.07. The van der Waals surface area contributed by atoms with E-state index in [-0.39, 0.29) is 5.82 Å². The van der Waals surface area contributed by atoms with Crippen LogP contribution in [0.3, 0.4) is 0 Å². The first kappa shape index (κ1) is 12.8. The van der Waals surface area contributed by atoms with Gasteiger partial charge >= 0.3 is 0 Å². The summed E-state index contributed by atoms with van der Waals surface area (Å²) in [5, 5.41) is 7.97. The number of hydrogen-bond acceptors (Lipinski definition) is 5. The fourth-order valence-electron chi connectivity index (χ4n) is 1.49. The highest BCUT2D eigenvalue weighted by atomic mass is 32.1. The zero-order valence-electron chi connectivity index (χ0n) is 10.1. The Morgan fingerprint density at radius 3 is 3.00 bits per heavy atom. The van der Waals surface area contributed by atoms with Crippen LogP contribution in [0.25, 0.3) is 0 Å². The second-order valence-corrected chi connectivity index (χ2v) is 4.71. The number of nitrogens with one attached hydrogen (secondary N) is 2. The van der Waals surface area contributed by atoms with Crippen molar-refractivity contribution in [2.75, 3.05) is 23.7 Å². The minimum absolute atomic E-state index is 0.248. The average Bonchev–Trinajstić information content (AvgIpc) is 2.86. The first-order chi connectivity index (χ1) is 8.79. The van der Waals surface area contributed by atoms with Crippen molar-refractivity contribution in [3.63, 3.8) is 0 Å². The molecule has 2 heterocycles. The Morgan fingerprint density at radius 2 is 2.28 bits per heavy atom. The monoisotopic (exact) mass is 266 g/mol. The van der Waals surface area contributed by atoms with Gasteiger partial charge in [-0.2, -0.15) is 4.98 Å². The van der Waals surface area contributed by atoms with Gasteiger partial charge in [-0.15, -0.1) is 11.3 Å². The zero-order valence-corrected chi connectivity index (χ0v) is 10.9. The smallest absolute Gasteiger partial charge is 0.224 e. The molecule has 0 saturated heterocycles. The Kier molecular flexibility index (Phi) is 4.46. The van der Waals surface area contributed by atoms with Crippen LogP contribution in [0, 0.1) is 5.82 Å². The molecule has 18 heavy (non-hydrogen) atoms. The Balaban J connectivity index is 1.93. The molecule has 0 saturated carbocycles. The predicted molar refractivity (Wildman–Crippen MR) is 72.7 cm³/mol. The number of nitrogens with zero attached hydrogens (tertiary/aromatic N) is 2. The van der Waals surface area contributed by atoms with Gasteiger partial charge in [0, 0.05) is 18.0 Å². The molecule has 0 amide bonds. The maximum Gasteiger partial charge on any atom is 0.224 e. The van der Waals surface area contributed by atoms with Gasteiger partial charge < -0.3 is 10.6 Å². The standard InChI is InChI=1S/C12H15FN4S/c1-2-14-12-16-8-10(13)11(17-12)15-6-5-9-4-3-7-18-9/h3-4,7-8H,2,5-6H2,1H3,(H2,14,15,16,17). The molecule has 2 aromatic rings. The maximum atomic E-state index is 13.5. The zero-order chi connectivity index (χ0) is 12.8. The first-order valence-electron chi connectivity index (χ1n) is 5.82. The van der Waals surface area contributed by atoms with Gasteiger partial charge in [0.15, 0.2) is 11.6 Å². The summed E-state index contributed by atoms with van der Waals surface area (Å²) in [4.78, 5) is 9.19. The van der Waals surface area contributed by atoms with Gasteiger partial charge in [0.05, 0.1) is 6.20 Å². The Hall–Kier alpha value is -1.69. The lowest BCUT2D eigenvalue weighted by Crippen LogP contribution is -2.10. The van der Waals surface area contributed by atoms with Crippen LogP contribution in [0.1, 0.15) is 11.8 Å². The quantitative estimate of drug-likeness (QED) is 0.844. The lowest BCUT2D eigenvalue weighted by atomic mass is 10.3. The second kappa shape index (κ2) is 6.30. The van der Waals surface area contributed by atoms with Crippen LogP contribution in [0.15, 0.2) is 23.7 Å². The van der Waals surface area contributed by atoms with E-state index in [2.05, 4.69) is 26.7 Å². The Bertz CT molecular complexity index is 487. The molecule has 2 aromatic heterocycles.